The molecule has 0 bridgehead atoms. The van der Waals surface area contributed by atoms with E-state index in [1.807, 2.05) is 30.3 Å². The first-order valence-corrected chi connectivity index (χ1v) is 6.74. The van der Waals surface area contributed by atoms with E-state index in [-0.39, 0.29) is 0 Å². The second kappa shape index (κ2) is 5.30. The van der Waals surface area contributed by atoms with Crippen LogP contribution in [0.3, 0.4) is 0 Å². The summed E-state index contributed by atoms with van der Waals surface area (Å²) in [4.78, 5) is 4.63. The molecular weight excluding hydrogens is 290 g/mol. The number of aromatic nitrogens is 1. The van der Waals surface area contributed by atoms with Crippen molar-refractivity contribution >= 4 is 33.4 Å². The molecule has 0 N–H and O–H groups in total. The SMILES string of the molecule is COc1ccc2c(Cl)c3cc(OC)c(OC)cc3nc2c1. The minimum atomic E-state index is 0.621. The van der Waals surface area contributed by atoms with E-state index in [0.29, 0.717) is 16.5 Å². The van der Waals surface area contributed by atoms with Crippen molar-refractivity contribution in [3.8, 4) is 17.2 Å². The topological polar surface area (TPSA) is 40.6 Å². The third-order valence-corrected chi connectivity index (χ3v) is 3.83. The van der Waals surface area contributed by atoms with Gasteiger partial charge in [-0.1, -0.05) is 11.6 Å². The van der Waals surface area contributed by atoms with Crippen LogP contribution < -0.4 is 14.2 Å². The number of nitrogens with zero attached hydrogens (tertiary/aromatic N) is 1. The van der Waals surface area contributed by atoms with Crippen molar-refractivity contribution < 1.29 is 14.2 Å². The molecule has 3 aromatic rings. The number of rotatable bonds is 3. The molecule has 5 heteroatoms. The number of ether oxygens (including phenoxy) is 3. The van der Waals surface area contributed by atoms with Crippen molar-refractivity contribution in [3.63, 3.8) is 0 Å². The van der Waals surface area contributed by atoms with Crippen LogP contribution in [-0.2, 0) is 0 Å². The zero-order chi connectivity index (χ0) is 15.0. The van der Waals surface area contributed by atoms with Gasteiger partial charge in [0.05, 0.1) is 37.4 Å². The molecule has 0 amide bonds. The second-order valence-corrected chi connectivity index (χ2v) is 4.91. The van der Waals surface area contributed by atoms with E-state index in [1.165, 1.54) is 0 Å². The minimum Gasteiger partial charge on any atom is -0.497 e. The molecule has 0 unspecified atom stereocenters. The number of hydrogen-bond donors (Lipinski definition) is 0. The third-order valence-electron chi connectivity index (χ3n) is 3.42. The molecule has 0 aliphatic rings. The summed E-state index contributed by atoms with van der Waals surface area (Å²) in [6.45, 7) is 0. The Balaban J connectivity index is 2.38. The van der Waals surface area contributed by atoms with Gasteiger partial charge in [0.2, 0.25) is 0 Å². The zero-order valence-corrected chi connectivity index (χ0v) is 12.7. The molecule has 1 aromatic heterocycles. The first-order chi connectivity index (χ1) is 10.2. The first kappa shape index (κ1) is 13.8. The van der Waals surface area contributed by atoms with Crippen LogP contribution in [0.4, 0.5) is 0 Å². The summed E-state index contributed by atoms with van der Waals surface area (Å²) in [6, 6.07) is 9.28. The van der Waals surface area contributed by atoms with Gasteiger partial charge in [0.15, 0.2) is 11.5 Å². The zero-order valence-electron chi connectivity index (χ0n) is 11.9. The highest BCUT2D eigenvalue weighted by Gasteiger charge is 2.13. The number of pyridine rings is 1. The van der Waals surface area contributed by atoms with E-state index in [9.17, 15) is 0 Å². The van der Waals surface area contributed by atoms with Gasteiger partial charge in [-0.05, 0) is 18.2 Å². The van der Waals surface area contributed by atoms with Crippen LogP contribution in [0, 0.1) is 0 Å². The van der Waals surface area contributed by atoms with E-state index >= 15 is 0 Å². The molecule has 2 aromatic carbocycles. The predicted octanol–water partition coefficient (Wildman–Crippen LogP) is 4.07. The summed E-state index contributed by atoms with van der Waals surface area (Å²) < 4.78 is 15.9. The molecule has 0 atom stereocenters. The molecular formula is C16H14ClNO3. The van der Waals surface area contributed by atoms with Gasteiger partial charge in [0, 0.05) is 22.9 Å². The largest absolute Gasteiger partial charge is 0.497 e. The molecule has 0 saturated heterocycles. The van der Waals surface area contributed by atoms with Crippen molar-refractivity contribution in [1.82, 2.24) is 4.98 Å². The van der Waals surface area contributed by atoms with Crippen LogP contribution in [0.5, 0.6) is 17.2 Å². The predicted molar refractivity (Wildman–Crippen MR) is 83.9 cm³/mol. The number of hydrogen-bond acceptors (Lipinski definition) is 4. The van der Waals surface area contributed by atoms with Crippen LogP contribution in [0.1, 0.15) is 0 Å². The quantitative estimate of drug-likeness (QED) is 0.684. The van der Waals surface area contributed by atoms with E-state index in [0.717, 1.165) is 27.6 Å². The molecule has 0 fully saturated rings. The smallest absolute Gasteiger partial charge is 0.162 e. The van der Waals surface area contributed by atoms with Crippen LogP contribution in [0.25, 0.3) is 21.8 Å². The van der Waals surface area contributed by atoms with Crippen molar-refractivity contribution in [2.45, 2.75) is 0 Å². The minimum absolute atomic E-state index is 0.621. The Morgan fingerprint density at radius 3 is 2.14 bits per heavy atom. The molecule has 0 aliphatic heterocycles. The molecule has 108 valence electrons. The summed E-state index contributed by atoms with van der Waals surface area (Å²) >= 11 is 6.52. The third kappa shape index (κ3) is 2.21. The molecule has 0 aliphatic carbocycles. The first-order valence-electron chi connectivity index (χ1n) is 6.37. The fourth-order valence-corrected chi connectivity index (χ4v) is 2.64. The van der Waals surface area contributed by atoms with E-state index in [1.54, 1.807) is 21.3 Å². The van der Waals surface area contributed by atoms with Gasteiger partial charge in [-0.3, -0.25) is 0 Å². The van der Waals surface area contributed by atoms with E-state index in [4.69, 9.17) is 25.8 Å². The van der Waals surface area contributed by atoms with Gasteiger partial charge in [0.1, 0.15) is 5.75 Å². The Morgan fingerprint density at radius 2 is 1.48 bits per heavy atom. The fraction of sp³-hybridized carbons (Fsp3) is 0.188. The molecule has 0 spiro atoms. The Labute approximate surface area is 127 Å². The molecule has 4 nitrogen and oxygen atoms in total. The highest BCUT2D eigenvalue weighted by atomic mass is 35.5. The van der Waals surface area contributed by atoms with E-state index in [2.05, 4.69) is 4.98 Å². The van der Waals surface area contributed by atoms with Gasteiger partial charge in [0.25, 0.3) is 0 Å². The normalized spacial score (nSPS) is 10.9. The Morgan fingerprint density at radius 1 is 0.810 bits per heavy atom. The highest BCUT2D eigenvalue weighted by molar-refractivity contribution is 6.40. The summed E-state index contributed by atoms with van der Waals surface area (Å²) in [5.41, 5.74) is 1.53. The monoisotopic (exact) mass is 303 g/mol. The number of fused-ring (bicyclic) bond motifs is 2. The number of benzene rings is 2. The van der Waals surface area contributed by atoms with Crippen LogP contribution >= 0.6 is 11.6 Å². The molecule has 3 rings (SSSR count). The Kier molecular flexibility index (Phi) is 3.47. The van der Waals surface area contributed by atoms with Crippen LogP contribution in [0.15, 0.2) is 30.3 Å². The standard InChI is InChI=1S/C16H14ClNO3/c1-19-9-4-5-10-12(6-9)18-13-8-15(21-3)14(20-2)7-11(13)16(10)17/h4-8H,1-3H3. The Hall–Kier alpha value is -2.20. The summed E-state index contributed by atoms with van der Waals surface area (Å²) in [5, 5.41) is 2.34. The molecule has 0 saturated carbocycles. The van der Waals surface area contributed by atoms with Gasteiger partial charge in [-0.15, -0.1) is 0 Å². The average molecular weight is 304 g/mol. The molecule has 0 radical (unpaired) electrons. The van der Waals surface area contributed by atoms with Gasteiger partial charge in [-0.25, -0.2) is 4.98 Å². The van der Waals surface area contributed by atoms with Crippen molar-refractivity contribution in [3.05, 3.63) is 35.4 Å². The summed E-state index contributed by atoms with van der Waals surface area (Å²) in [6.07, 6.45) is 0. The van der Waals surface area contributed by atoms with Crippen molar-refractivity contribution in [1.29, 1.82) is 0 Å². The van der Waals surface area contributed by atoms with Crippen LogP contribution in [-0.4, -0.2) is 26.3 Å². The molecule has 1 heterocycles. The fourth-order valence-electron chi connectivity index (χ4n) is 2.33. The Bertz CT molecular complexity index is 833. The van der Waals surface area contributed by atoms with Crippen molar-refractivity contribution in [2.75, 3.05) is 21.3 Å². The average Bonchev–Trinajstić information content (AvgIpc) is 2.53. The van der Waals surface area contributed by atoms with Gasteiger partial charge in [-0.2, -0.15) is 0 Å². The lowest BCUT2D eigenvalue weighted by atomic mass is 10.1. The second-order valence-electron chi connectivity index (χ2n) is 4.53. The maximum atomic E-state index is 6.52. The maximum absolute atomic E-state index is 6.52. The maximum Gasteiger partial charge on any atom is 0.162 e. The highest BCUT2D eigenvalue weighted by Crippen LogP contribution is 2.38. The van der Waals surface area contributed by atoms with E-state index < -0.39 is 0 Å². The van der Waals surface area contributed by atoms with Crippen molar-refractivity contribution in [2.24, 2.45) is 0 Å². The molecule has 21 heavy (non-hydrogen) atoms. The summed E-state index contributed by atoms with van der Waals surface area (Å²) in [5.74, 6) is 1.99. The van der Waals surface area contributed by atoms with Gasteiger partial charge < -0.3 is 14.2 Å². The number of methoxy groups -OCH3 is 3. The lowest BCUT2D eigenvalue weighted by Crippen LogP contribution is -1.93. The lowest BCUT2D eigenvalue weighted by molar-refractivity contribution is 0.356. The van der Waals surface area contributed by atoms with Gasteiger partial charge >= 0.3 is 0 Å². The summed E-state index contributed by atoms with van der Waals surface area (Å²) in [7, 11) is 4.81. The lowest BCUT2D eigenvalue weighted by Gasteiger charge is -2.11. The number of halogens is 1. The van der Waals surface area contributed by atoms with Crippen LogP contribution in [0.2, 0.25) is 5.02 Å².